The summed E-state index contributed by atoms with van der Waals surface area (Å²) >= 11 is 0. The Bertz CT molecular complexity index is 453. The number of carboxylic acid groups (broad SMARTS) is 1. The van der Waals surface area contributed by atoms with E-state index in [2.05, 4.69) is 41.5 Å². The molecule has 4 heteroatoms. The van der Waals surface area contributed by atoms with Crippen LogP contribution in [0.15, 0.2) is 0 Å². The van der Waals surface area contributed by atoms with Gasteiger partial charge in [-0.3, -0.25) is 9.59 Å². The normalized spacial score (nSPS) is 12.1. The van der Waals surface area contributed by atoms with Crippen molar-refractivity contribution < 1.29 is 19.4 Å². The molecule has 0 aromatic rings. The van der Waals surface area contributed by atoms with Crippen molar-refractivity contribution in [1.29, 1.82) is 0 Å². The number of ether oxygens (including phenoxy) is 1. The molecule has 0 aliphatic carbocycles. The van der Waals surface area contributed by atoms with Crippen molar-refractivity contribution in [3.63, 3.8) is 0 Å². The minimum absolute atomic E-state index is 0.0498. The molecule has 0 fully saturated rings. The number of aliphatic carboxylic acids is 1. The Labute approximate surface area is 213 Å². The van der Waals surface area contributed by atoms with E-state index in [1.54, 1.807) is 0 Å². The zero-order chi connectivity index (χ0) is 26.1. The number of hydrogen-bond donors (Lipinski definition) is 1. The van der Waals surface area contributed by atoms with Crippen LogP contribution < -0.4 is 0 Å². The molecule has 1 N–H and O–H groups in total. The predicted molar refractivity (Wildman–Crippen MR) is 146 cm³/mol. The van der Waals surface area contributed by atoms with E-state index >= 15 is 0 Å². The molecule has 0 rings (SSSR count). The second-order valence-electron chi connectivity index (χ2n) is 11.1. The van der Waals surface area contributed by atoms with Crippen LogP contribution in [0.2, 0.25) is 0 Å². The number of carbonyl (C=O) groups is 2. The maximum absolute atomic E-state index is 12.1. The van der Waals surface area contributed by atoms with Gasteiger partial charge in [-0.25, -0.2) is 0 Å². The van der Waals surface area contributed by atoms with E-state index < -0.39 is 5.97 Å². The van der Waals surface area contributed by atoms with Gasteiger partial charge >= 0.3 is 11.9 Å². The monoisotopic (exact) mass is 484 g/mol. The molecule has 34 heavy (non-hydrogen) atoms. The minimum atomic E-state index is -0.798. The molecule has 0 aromatic heterocycles. The third-order valence-corrected chi connectivity index (χ3v) is 6.39. The summed E-state index contributed by atoms with van der Waals surface area (Å²) in [4.78, 5) is 22.7. The van der Waals surface area contributed by atoms with E-state index in [4.69, 9.17) is 9.84 Å². The van der Waals surface area contributed by atoms with Gasteiger partial charge in [-0.15, -0.1) is 0 Å². The first-order valence-corrected chi connectivity index (χ1v) is 14.6. The zero-order valence-electron chi connectivity index (χ0n) is 23.9. The number of unbranched alkanes of at least 4 members (excludes halogenated alkanes) is 12. The van der Waals surface area contributed by atoms with Crippen LogP contribution in [0.25, 0.3) is 0 Å². The molecule has 1 unspecified atom stereocenters. The molecule has 0 saturated heterocycles. The second-order valence-corrected chi connectivity index (χ2v) is 11.1. The van der Waals surface area contributed by atoms with Gasteiger partial charge in [0.1, 0.15) is 6.10 Å². The van der Waals surface area contributed by atoms with E-state index in [0.29, 0.717) is 24.7 Å². The Morgan fingerprint density at radius 2 is 1.03 bits per heavy atom. The molecule has 4 nitrogen and oxygen atoms in total. The molecule has 0 aliphatic rings. The van der Waals surface area contributed by atoms with Crippen molar-refractivity contribution in [3.05, 3.63) is 0 Å². The maximum Gasteiger partial charge on any atom is 0.306 e. The molecule has 0 saturated carbocycles. The smallest absolute Gasteiger partial charge is 0.306 e. The SMILES string of the molecule is CCC(C)(C)C.CCCCCCCCCC(CCCCCCCC)OC(=O)CCCCC(=O)O. The summed E-state index contributed by atoms with van der Waals surface area (Å²) in [7, 11) is 0. The first kappa shape index (κ1) is 35.1. The van der Waals surface area contributed by atoms with Crippen molar-refractivity contribution >= 4 is 11.9 Å². The molecule has 0 bridgehead atoms. The van der Waals surface area contributed by atoms with E-state index in [1.165, 1.54) is 77.0 Å². The minimum Gasteiger partial charge on any atom is -0.481 e. The second kappa shape index (κ2) is 25.0. The lowest BCUT2D eigenvalue weighted by Crippen LogP contribution is -2.18. The fourth-order valence-corrected chi connectivity index (χ4v) is 3.53. The highest BCUT2D eigenvalue weighted by molar-refractivity contribution is 5.70. The van der Waals surface area contributed by atoms with Crippen LogP contribution in [0.5, 0.6) is 0 Å². The van der Waals surface area contributed by atoms with E-state index in [9.17, 15) is 9.59 Å². The average Bonchev–Trinajstić information content (AvgIpc) is 2.78. The number of carbonyl (C=O) groups excluding carboxylic acids is 1. The van der Waals surface area contributed by atoms with Gasteiger partial charge in [0, 0.05) is 12.8 Å². The fraction of sp³-hybridized carbons (Fsp3) is 0.933. The highest BCUT2D eigenvalue weighted by atomic mass is 16.5. The largest absolute Gasteiger partial charge is 0.481 e. The van der Waals surface area contributed by atoms with Crippen LogP contribution in [-0.2, 0) is 14.3 Å². The fourth-order valence-electron chi connectivity index (χ4n) is 3.53. The summed E-state index contributed by atoms with van der Waals surface area (Å²) in [6, 6.07) is 0. The molecule has 1 atom stereocenters. The Balaban J connectivity index is 0. The van der Waals surface area contributed by atoms with Gasteiger partial charge in [0.05, 0.1) is 0 Å². The number of hydrogen-bond acceptors (Lipinski definition) is 3. The van der Waals surface area contributed by atoms with Gasteiger partial charge in [-0.05, 0) is 43.9 Å². The van der Waals surface area contributed by atoms with Crippen molar-refractivity contribution in [2.75, 3.05) is 0 Å². The highest BCUT2D eigenvalue weighted by Crippen LogP contribution is 2.18. The zero-order valence-corrected chi connectivity index (χ0v) is 23.9. The van der Waals surface area contributed by atoms with E-state index in [0.717, 1.165) is 25.7 Å². The molecule has 0 heterocycles. The maximum atomic E-state index is 12.1. The Kier molecular flexibility index (Phi) is 25.9. The van der Waals surface area contributed by atoms with Gasteiger partial charge in [0.25, 0.3) is 0 Å². The average molecular weight is 485 g/mol. The molecule has 0 radical (unpaired) electrons. The standard InChI is InChI=1S/C24H46O4.C6H14/c1-3-5-7-9-11-13-15-19-22(18-14-12-10-8-6-4-2)28-24(27)21-17-16-20-23(25)26;1-5-6(2,3)4/h22H,3-21H2,1-2H3,(H,25,26);5H2,1-4H3. The highest BCUT2D eigenvalue weighted by Gasteiger charge is 2.14. The summed E-state index contributed by atoms with van der Waals surface area (Å²) in [5, 5.41) is 8.67. The van der Waals surface area contributed by atoms with Gasteiger partial charge in [-0.2, -0.15) is 0 Å². The summed E-state index contributed by atoms with van der Waals surface area (Å²) in [6.45, 7) is 13.4. The molecule has 0 amide bonds. The van der Waals surface area contributed by atoms with E-state index in [-0.39, 0.29) is 18.5 Å². The Hall–Kier alpha value is -1.06. The summed E-state index contributed by atoms with van der Waals surface area (Å²) in [5.74, 6) is -0.947. The van der Waals surface area contributed by atoms with Crippen molar-refractivity contribution in [1.82, 2.24) is 0 Å². The summed E-state index contributed by atoms with van der Waals surface area (Å²) in [6.07, 6.45) is 21.3. The van der Waals surface area contributed by atoms with Crippen LogP contribution in [-0.4, -0.2) is 23.1 Å². The number of rotatable bonds is 21. The van der Waals surface area contributed by atoms with Crippen molar-refractivity contribution in [2.24, 2.45) is 5.41 Å². The summed E-state index contributed by atoms with van der Waals surface area (Å²) < 4.78 is 5.74. The molecule has 204 valence electrons. The predicted octanol–water partition coefficient (Wildman–Crippen LogP) is 9.88. The number of carboxylic acids is 1. The summed E-state index contributed by atoms with van der Waals surface area (Å²) in [5.41, 5.74) is 0.542. The third-order valence-electron chi connectivity index (χ3n) is 6.39. The lowest BCUT2D eigenvalue weighted by molar-refractivity contribution is -0.150. The van der Waals surface area contributed by atoms with E-state index in [1.807, 2.05) is 0 Å². The quantitative estimate of drug-likeness (QED) is 0.130. The van der Waals surface area contributed by atoms with Crippen LogP contribution in [0.4, 0.5) is 0 Å². The third kappa shape index (κ3) is 30.9. The number of esters is 1. The van der Waals surface area contributed by atoms with Gasteiger partial charge < -0.3 is 9.84 Å². The van der Waals surface area contributed by atoms with Crippen molar-refractivity contribution in [2.45, 2.75) is 176 Å². The lowest BCUT2D eigenvalue weighted by Gasteiger charge is -2.18. The topological polar surface area (TPSA) is 63.6 Å². The molecular formula is C30H60O4. The van der Waals surface area contributed by atoms with Crippen LogP contribution >= 0.6 is 0 Å². The molecular weight excluding hydrogens is 424 g/mol. The van der Waals surface area contributed by atoms with Crippen molar-refractivity contribution in [3.8, 4) is 0 Å². The van der Waals surface area contributed by atoms with Gasteiger partial charge in [0.2, 0.25) is 0 Å². The lowest BCUT2D eigenvalue weighted by atomic mass is 9.94. The molecule has 0 aliphatic heterocycles. The molecule has 0 spiro atoms. The Morgan fingerprint density at radius 3 is 1.41 bits per heavy atom. The molecule has 0 aromatic carbocycles. The van der Waals surface area contributed by atoms with Gasteiger partial charge in [-0.1, -0.05) is 119 Å². The first-order chi connectivity index (χ1) is 16.2. The van der Waals surface area contributed by atoms with Crippen LogP contribution in [0.1, 0.15) is 170 Å². The van der Waals surface area contributed by atoms with Crippen LogP contribution in [0, 0.1) is 5.41 Å². The Morgan fingerprint density at radius 1 is 0.647 bits per heavy atom. The van der Waals surface area contributed by atoms with Gasteiger partial charge in [0.15, 0.2) is 0 Å². The van der Waals surface area contributed by atoms with Crippen LogP contribution in [0.3, 0.4) is 0 Å². The first-order valence-electron chi connectivity index (χ1n) is 14.6.